The Kier molecular flexibility index (Phi) is 5.96. The van der Waals surface area contributed by atoms with Crippen LogP contribution in [0, 0.1) is 6.92 Å². The highest BCUT2D eigenvalue weighted by Crippen LogP contribution is 2.17. The van der Waals surface area contributed by atoms with Gasteiger partial charge < -0.3 is 15.0 Å². The van der Waals surface area contributed by atoms with E-state index < -0.39 is 12.8 Å². The van der Waals surface area contributed by atoms with Crippen LogP contribution in [0.1, 0.15) is 18.5 Å². The number of hydrogen-bond donors (Lipinski definition) is 1. The van der Waals surface area contributed by atoms with E-state index in [1.165, 1.54) is 0 Å². The van der Waals surface area contributed by atoms with Crippen LogP contribution in [0.2, 0.25) is 0 Å². The number of hydrogen-bond acceptors (Lipinski definition) is 5. The Morgan fingerprint density at radius 2 is 2.18 bits per heavy atom. The summed E-state index contributed by atoms with van der Waals surface area (Å²) < 4.78 is 40.4. The molecule has 0 radical (unpaired) electrons. The van der Waals surface area contributed by atoms with Crippen LogP contribution >= 0.6 is 0 Å². The van der Waals surface area contributed by atoms with Crippen LogP contribution in [0.5, 0.6) is 0 Å². The lowest BCUT2D eigenvalue weighted by molar-refractivity contribution is -0.173. The third-order valence-corrected chi connectivity index (χ3v) is 3.47. The fraction of sp³-hybridized carbons (Fsp3) is 0.714. The summed E-state index contributed by atoms with van der Waals surface area (Å²) in [7, 11) is 0. The fourth-order valence-electron chi connectivity index (χ4n) is 2.44. The maximum atomic E-state index is 11.9. The van der Waals surface area contributed by atoms with Crippen molar-refractivity contribution in [2.45, 2.75) is 32.0 Å². The summed E-state index contributed by atoms with van der Waals surface area (Å²) in [5, 5.41) is 11.5. The molecule has 1 fully saturated rings. The standard InChI is InChI=1S/C14H21F3N4O/c1-11-4-5-13(20-19-11)21-7-2-3-12(9-21)18-6-8-22-10-14(15,16)17/h4-5,12,18H,2-3,6-10H2,1H3/t12-/m0/s1. The lowest BCUT2D eigenvalue weighted by Crippen LogP contribution is -2.47. The molecule has 1 atom stereocenters. The van der Waals surface area contributed by atoms with Gasteiger partial charge in [-0.3, -0.25) is 0 Å². The second-order valence-corrected chi connectivity index (χ2v) is 5.44. The van der Waals surface area contributed by atoms with E-state index in [1.54, 1.807) is 0 Å². The van der Waals surface area contributed by atoms with Gasteiger partial charge in [-0.15, -0.1) is 5.10 Å². The van der Waals surface area contributed by atoms with Crippen LogP contribution in [0.15, 0.2) is 12.1 Å². The molecule has 1 aliphatic rings. The molecule has 8 heteroatoms. The molecule has 2 rings (SSSR count). The second-order valence-electron chi connectivity index (χ2n) is 5.44. The van der Waals surface area contributed by atoms with Crippen LogP contribution in [-0.2, 0) is 4.74 Å². The number of halogens is 3. The molecule has 0 aromatic carbocycles. The number of nitrogens with one attached hydrogen (secondary N) is 1. The highest BCUT2D eigenvalue weighted by atomic mass is 19.4. The van der Waals surface area contributed by atoms with Gasteiger partial charge in [0.05, 0.1) is 12.3 Å². The molecule has 1 saturated heterocycles. The Labute approximate surface area is 127 Å². The zero-order valence-corrected chi connectivity index (χ0v) is 12.6. The molecule has 2 heterocycles. The summed E-state index contributed by atoms with van der Waals surface area (Å²) in [5.74, 6) is 0.838. The van der Waals surface area contributed by atoms with E-state index >= 15 is 0 Å². The number of piperidine rings is 1. The van der Waals surface area contributed by atoms with E-state index in [2.05, 4.69) is 25.2 Å². The van der Waals surface area contributed by atoms with Gasteiger partial charge in [0, 0.05) is 25.7 Å². The molecule has 0 spiro atoms. The van der Waals surface area contributed by atoms with E-state index in [0.717, 1.165) is 37.4 Å². The number of aromatic nitrogens is 2. The predicted molar refractivity (Wildman–Crippen MR) is 76.9 cm³/mol. The van der Waals surface area contributed by atoms with Gasteiger partial charge in [-0.05, 0) is 31.9 Å². The molecular weight excluding hydrogens is 297 g/mol. The second kappa shape index (κ2) is 7.73. The zero-order chi connectivity index (χ0) is 16.0. The number of alkyl halides is 3. The number of aryl methyl sites for hydroxylation is 1. The van der Waals surface area contributed by atoms with Crippen LogP contribution in [0.4, 0.5) is 19.0 Å². The lowest BCUT2D eigenvalue weighted by atomic mass is 10.1. The highest BCUT2D eigenvalue weighted by molar-refractivity contribution is 5.38. The average Bonchev–Trinajstić information content (AvgIpc) is 2.47. The highest BCUT2D eigenvalue weighted by Gasteiger charge is 2.27. The molecule has 0 bridgehead atoms. The molecular formula is C14H21F3N4O. The minimum atomic E-state index is -4.26. The van der Waals surface area contributed by atoms with Gasteiger partial charge >= 0.3 is 6.18 Å². The molecule has 0 amide bonds. The number of anilines is 1. The van der Waals surface area contributed by atoms with Crippen molar-refractivity contribution in [3.63, 3.8) is 0 Å². The van der Waals surface area contributed by atoms with E-state index in [9.17, 15) is 13.2 Å². The monoisotopic (exact) mass is 318 g/mol. The van der Waals surface area contributed by atoms with Gasteiger partial charge in [-0.25, -0.2) is 0 Å². The number of rotatable bonds is 6. The number of ether oxygens (including phenoxy) is 1. The smallest absolute Gasteiger partial charge is 0.371 e. The Bertz CT molecular complexity index is 452. The minimum absolute atomic E-state index is 0.0559. The van der Waals surface area contributed by atoms with Crippen molar-refractivity contribution in [3.8, 4) is 0 Å². The van der Waals surface area contributed by atoms with Crippen LogP contribution in [-0.4, -0.2) is 55.3 Å². The third kappa shape index (κ3) is 5.76. The maximum absolute atomic E-state index is 11.9. The molecule has 5 nitrogen and oxygen atoms in total. The van der Waals surface area contributed by atoms with Gasteiger partial charge in [-0.1, -0.05) is 0 Å². The summed E-state index contributed by atoms with van der Waals surface area (Å²) in [6, 6.07) is 4.09. The van der Waals surface area contributed by atoms with Crippen molar-refractivity contribution in [1.82, 2.24) is 15.5 Å². The number of nitrogens with zero attached hydrogens (tertiary/aromatic N) is 3. The Morgan fingerprint density at radius 1 is 1.36 bits per heavy atom. The van der Waals surface area contributed by atoms with Gasteiger partial charge in [-0.2, -0.15) is 18.3 Å². The summed E-state index contributed by atoms with van der Waals surface area (Å²) in [6.07, 6.45) is -2.25. The molecule has 0 saturated carbocycles. The van der Waals surface area contributed by atoms with Crippen molar-refractivity contribution >= 4 is 5.82 Å². The first-order valence-electron chi connectivity index (χ1n) is 7.37. The van der Waals surface area contributed by atoms with Gasteiger partial charge in [0.1, 0.15) is 6.61 Å². The third-order valence-electron chi connectivity index (χ3n) is 3.47. The van der Waals surface area contributed by atoms with Crippen molar-refractivity contribution < 1.29 is 17.9 Å². The van der Waals surface area contributed by atoms with Crippen LogP contribution < -0.4 is 10.2 Å². The lowest BCUT2D eigenvalue weighted by Gasteiger charge is -2.33. The molecule has 0 unspecified atom stereocenters. The minimum Gasteiger partial charge on any atom is -0.371 e. The molecule has 1 N–H and O–H groups in total. The van der Waals surface area contributed by atoms with E-state index in [0.29, 0.717) is 6.54 Å². The average molecular weight is 318 g/mol. The zero-order valence-electron chi connectivity index (χ0n) is 12.6. The van der Waals surface area contributed by atoms with Crippen molar-refractivity contribution in [2.24, 2.45) is 0 Å². The fourth-order valence-corrected chi connectivity index (χ4v) is 2.44. The van der Waals surface area contributed by atoms with Gasteiger partial charge in [0.25, 0.3) is 0 Å². The Balaban J connectivity index is 1.71. The largest absolute Gasteiger partial charge is 0.411 e. The van der Waals surface area contributed by atoms with Crippen LogP contribution in [0.3, 0.4) is 0 Å². The summed E-state index contributed by atoms with van der Waals surface area (Å²) in [6.45, 7) is 2.86. The Hall–Kier alpha value is -1.41. The summed E-state index contributed by atoms with van der Waals surface area (Å²) >= 11 is 0. The summed E-state index contributed by atoms with van der Waals surface area (Å²) in [4.78, 5) is 2.14. The molecule has 124 valence electrons. The quantitative estimate of drug-likeness (QED) is 0.812. The topological polar surface area (TPSA) is 50.3 Å². The first-order valence-corrected chi connectivity index (χ1v) is 7.37. The van der Waals surface area contributed by atoms with E-state index in [1.807, 2.05) is 19.1 Å². The predicted octanol–water partition coefficient (Wildman–Crippen LogP) is 1.92. The van der Waals surface area contributed by atoms with E-state index in [-0.39, 0.29) is 12.6 Å². The van der Waals surface area contributed by atoms with Crippen molar-refractivity contribution in [1.29, 1.82) is 0 Å². The normalized spacial score (nSPS) is 19.5. The molecule has 22 heavy (non-hydrogen) atoms. The molecule has 0 aliphatic carbocycles. The van der Waals surface area contributed by atoms with E-state index in [4.69, 9.17) is 0 Å². The molecule has 1 aromatic heterocycles. The molecule has 1 aliphatic heterocycles. The molecule has 1 aromatic rings. The first kappa shape index (κ1) is 17.0. The maximum Gasteiger partial charge on any atom is 0.411 e. The van der Waals surface area contributed by atoms with Gasteiger partial charge in [0.2, 0.25) is 0 Å². The summed E-state index contributed by atoms with van der Waals surface area (Å²) in [5.41, 5.74) is 0.872. The Morgan fingerprint density at radius 3 is 2.86 bits per heavy atom. The first-order chi connectivity index (χ1) is 10.4. The van der Waals surface area contributed by atoms with Crippen molar-refractivity contribution in [3.05, 3.63) is 17.8 Å². The van der Waals surface area contributed by atoms with Crippen LogP contribution in [0.25, 0.3) is 0 Å². The van der Waals surface area contributed by atoms with Crippen molar-refractivity contribution in [2.75, 3.05) is 37.7 Å². The van der Waals surface area contributed by atoms with Gasteiger partial charge in [0.15, 0.2) is 5.82 Å². The SMILES string of the molecule is Cc1ccc(N2CCC[C@H](NCCOCC(F)(F)F)C2)nn1.